The molecule has 132 valence electrons. The van der Waals surface area contributed by atoms with E-state index in [-0.39, 0.29) is 18.3 Å². The molecule has 0 heterocycles. The number of rotatable bonds is 5. The van der Waals surface area contributed by atoms with Crippen molar-refractivity contribution in [1.29, 1.82) is 0 Å². The summed E-state index contributed by atoms with van der Waals surface area (Å²) in [5.74, 6) is 0.408. The maximum Gasteiger partial charge on any atom is 0.277 e. The van der Waals surface area contributed by atoms with Crippen LogP contribution in [-0.4, -0.2) is 23.8 Å². The molecule has 3 aromatic carbocycles. The van der Waals surface area contributed by atoms with Crippen molar-refractivity contribution in [2.75, 3.05) is 6.61 Å². The van der Waals surface area contributed by atoms with E-state index in [0.717, 1.165) is 21.9 Å². The Kier molecular flexibility index (Phi) is 5.17. The first kappa shape index (κ1) is 17.5. The number of fused-ring (bicyclic) bond motifs is 1. The summed E-state index contributed by atoms with van der Waals surface area (Å²) in [5, 5.41) is 15.8. The summed E-state index contributed by atoms with van der Waals surface area (Å²) in [7, 11) is 0. The number of phenols is 1. The van der Waals surface area contributed by atoms with Crippen molar-refractivity contribution in [2.24, 2.45) is 5.10 Å². The molecule has 3 aromatic rings. The van der Waals surface area contributed by atoms with E-state index in [1.54, 1.807) is 6.07 Å². The van der Waals surface area contributed by atoms with Crippen LogP contribution in [0.5, 0.6) is 11.5 Å². The Bertz CT molecular complexity index is 980. The highest BCUT2D eigenvalue weighted by Gasteiger charge is 2.06. The average Bonchev–Trinajstić information content (AvgIpc) is 2.64. The van der Waals surface area contributed by atoms with Crippen LogP contribution in [0.25, 0.3) is 10.8 Å². The van der Waals surface area contributed by atoms with E-state index in [1.807, 2.05) is 62.4 Å². The SMILES string of the molecule is Cc1ccc(C)c(OCC(=O)N/N=C/c2c(O)ccc3ccccc23)c1. The lowest BCUT2D eigenvalue weighted by molar-refractivity contribution is -0.123. The normalized spacial score (nSPS) is 11.0. The third-order valence-electron chi connectivity index (χ3n) is 4.03. The molecule has 0 radical (unpaired) electrons. The van der Waals surface area contributed by atoms with Crippen molar-refractivity contribution in [2.45, 2.75) is 13.8 Å². The number of benzene rings is 3. The Morgan fingerprint density at radius 2 is 1.96 bits per heavy atom. The van der Waals surface area contributed by atoms with Gasteiger partial charge >= 0.3 is 0 Å². The van der Waals surface area contributed by atoms with E-state index in [4.69, 9.17) is 4.74 Å². The molecule has 0 aromatic heterocycles. The summed E-state index contributed by atoms with van der Waals surface area (Å²) < 4.78 is 5.54. The lowest BCUT2D eigenvalue weighted by Gasteiger charge is -2.09. The quantitative estimate of drug-likeness (QED) is 0.546. The largest absolute Gasteiger partial charge is 0.507 e. The van der Waals surface area contributed by atoms with Crippen LogP contribution in [0.4, 0.5) is 0 Å². The summed E-state index contributed by atoms with van der Waals surface area (Å²) in [5.41, 5.74) is 5.01. The van der Waals surface area contributed by atoms with Gasteiger partial charge in [0.1, 0.15) is 11.5 Å². The average molecular weight is 348 g/mol. The smallest absolute Gasteiger partial charge is 0.277 e. The highest BCUT2D eigenvalue weighted by molar-refractivity contribution is 6.02. The number of carbonyl (C=O) groups excluding carboxylic acids is 1. The molecule has 0 spiro atoms. The van der Waals surface area contributed by atoms with E-state index in [9.17, 15) is 9.90 Å². The number of hydrazone groups is 1. The van der Waals surface area contributed by atoms with Crippen LogP contribution >= 0.6 is 0 Å². The minimum absolute atomic E-state index is 0.105. The fourth-order valence-electron chi connectivity index (χ4n) is 2.63. The van der Waals surface area contributed by atoms with Crippen molar-refractivity contribution in [3.8, 4) is 11.5 Å². The molecule has 3 rings (SSSR count). The minimum atomic E-state index is -0.373. The van der Waals surface area contributed by atoms with Gasteiger partial charge in [-0.1, -0.05) is 42.5 Å². The van der Waals surface area contributed by atoms with Gasteiger partial charge in [0.15, 0.2) is 6.61 Å². The van der Waals surface area contributed by atoms with Crippen LogP contribution in [-0.2, 0) is 4.79 Å². The van der Waals surface area contributed by atoms with E-state index < -0.39 is 0 Å². The van der Waals surface area contributed by atoms with Crippen molar-refractivity contribution in [1.82, 2.24) is 5.43 Å². The van der Waals surface area contributed by atoms with E-state index >= 15 is 0 Å². The highest BCUT2D eigenvalue weighted by atomic mass is 16.5. The lowest BCUT2D eigenvalue weighted by atomic mass is 10.0. The summed E-state index contributed by atoms with van der Waals surface area (Å²) in [6.45, 7) is 3.75. The molecule has 0 aliphatic rings. The zero-order valence-corrected chi connectivity index (χ0v) is 14.7. The van der Waals surface area contributed by atoms with Crippen molar-refractivity contribution in [3.05, 3.63) is 71.3 Å². The zero-order valence-electron chi connectivity index (χ0n) is 14.7. The minimum Gasteiger partial charge on any atom is -0.507 e. The number of carbonyl (C=O) groups is 1. The van der Waals surface area contributed by atoms with Gasteiger partial charge in [0.05, 0.1) is 6.21 Å². The zero-order chi connectivity index (χ0) is 18.5. The molecule has 0 saturated carbocycles. The van der Waals surface area contributed by atoms with Crippen LogP contribution < -0.4 is 10.2 Å². The summed E-state index contributed by atoms with van der Waals surface area (Å²) in [6.07, 6.45) is 1.44. The third-order valence-corrected chi connectivity index (χ3v) is 4.03. The molecule has 0 aliphatic heterocycles. The van der Waals surface area contributed by atoms with Gasteiger partial charge in [0.2, 0.25) is 0 Å². The highest BCUT2D eigenvalue weighted by Crippen LogP contribution is 2.25. The molecule has 0 fully saturated rings. The Morgan fingerprint density at radius 1 is 1.15 bits per heavy atom. The number of aromatic hydroxyl groups is 1. The number of hydrogen-bond donors (Lipinski definition) is 2. The monoisotopic (exact) mass is 348 g/mol. The molecule has 5 nitrogen and oxygen atoms in total. The Labute approximate surface area is 151 Å². The van der Waals surface area contributed by atoms with Crippen molar-refractivity contribution < 1.29 is 14.6 Å². The summed E-state index contributed by atoms with van der Waals surface area (Å²) in [4.78, 5) is 11.9. The maximum atomic E-state index is 11.9. The fourth-order valence-corrected chi connectivity index (χ4v) is 2.63. The first-order valence-corrected chi connectivity index (χ1v) is 8.27. The number of hydrogen-bond acceptors (Lipinski definition) is 4. The molecule has 0 bridgehead atoms. The number of amides is 1. The van der Waals surface area contributed by atoms with Crippen LogP contribution in [0.2, 0.25) is 0 Å². The van der Waals surface area contributed by atoms with Gasteiger partial charge in [-0.15, -0.1) is 0 Å². The number of ether oxygens (including phenoxy) is 1. The molecule has 0 saturated heterocycles. The van der Waals surface area contributed by atoms with Crippen molar-refractivity contribution in [3.63, 3.8) is 0 Å². The topological polar surface area (TPSA) is 70.9 Å². The van der Waals surface area contributed by atoms with Gasteiger partial charge in [-0.3, -0.25) is 4.79 Å². The van der Waals surface area contributed by atoms with E-state index in [2.05, 4.69) is 10.5 Å². The molecular weight excluding hydrogens is 328 g/mol. The maximum absolute atomic E-state index is 11.9. The number of nitrogens with one attached hydrogen (secondary N) is 1. The second-order valence-corrected chi connectivity index (χ2v) is 6.07. The lowest BCUT2D eigenvalue weighted by Crippen LogP contribution is -2.24. The molecule has 2 N–H and O–H groups in total. The van der Waals surface area contributed by atoms with E-state index in [1.165, 1.54) is 6.21 Å². The first-order chi connectivity index (χ1) is 12.5. The van der Waals surface area contributed by atoms with Crippen LogP contribution in [0.1, 0.15) is 16.7 Å². The Hall–Kier alpha value is -3.34. The van der Waals surface area contributed by atoms with Crippen molar-refractivity contribution >= 4 is 22.9 Å². The molecule has 1 amide bonds. The second kappa shape index (κ2) is 7.70. The molecule has 5 heteroatoms. The van der Waals surface area contributed by atoms with Gasteiger partial charge in [-0.25, -0.2) is 5.43 Å². The molecule has 0 unspecified atom stereocenters. The van der Waals surface area contributed by atoms with Gasteiger partial charge in [0.25, 0.3) is 5.91 Å². The summed E-state index contributed by atoms with van der Waals surface area (Å²) >= 11 is 0. The standard InChI is InChI=1S/C21H20N2O3/c1-14-7-8-15(2)20(11-14)26-13-21(25)23-22-12-18-17-6-4-3-5-16(17)9-10-19(18)24/h3-12,24H,13H2,1-2H3,(H,23,25)/b22-12+. The van der Waals surface area contributed by atoms with Gasteiger partial charge in [0, 0.05) is 5.56 Å². The third kappa shape index (κ3) is 4.00. The molecule has 26 heavy (non-hydrogen) atoms. The first-order valence-electron chi connectivity index (χ1n) is 8.27. The van der Waals surface area contributed by atoms with Crippen LogP contribution in [0, 0.1) is 13.8 Å². The molecule has 0 atom stereocenters. The van der Waals surface area contributed by atoms with Gasteiger partial charge < -0.3 is 9.84 Å². The van der Waals surface area contributed by atoms with E-state index in [0.29, 0.717) is 11.3 Å². The van der Waals surface area contributed by atoms with Gasteiger partial charge in [-0.2, -0.15) is 5.10 Å². The predicted molar refractivity (Wildman–Crippen MR) is 103 cm³/mol. The second-order valence-electron chi connectivity index (χ2n) is 6.07. The number of nitrogens with zero attached hydrogens (tertiary/aromatic N) is 1. The van der Waals surface area contributed by atoms with Crippen LogP contribution in [0.15, 0.2) is 59.7 Å². The Morgan fingerprint density at radius 3 is 2.81 bits per heavy atom. The number of phenolic OH excluding ortho intramolecular Hbond substituents is 1. The summed E-state index contributed by atoms with van der Waals surface area (Å²) in [6, 6.07) is 16.9. The fraction of sp³-hybridized carbons (Fsp3) is 0.143. The number of aryl methyl sites for hydroxylation is 2. The Balaban J connectivity index is 1.65. The van der Waals surface area contributed by atoms with Gasteiger partial charge in [-0.05, 0) is 47.9 Å². The molecule has 0 aliphatic carbocycles. The molecular formula is C21H20N2O3. The predicted octanol–water partition coefficient (Wildman–Crippen LogP) is 3.69. The van der Waals surface area contributed by atoms with Crippen LogP contribution in [0.3, 0.4) is 0 Å².